The van der Waals surface area contributed by atoms with Gasteiger partial charge in [-0.25, -0.2) is 4.98 Å². The second-order valence-corrected chi connectivity index (χ2v) is 6.49. The van der Waals surface area contributed by atoms with E-state index in [0.717, 1.165) is 43.3 Å². The number of methoxy groups -OCH3 is 1. The summed E-state index contributed by atoms with van der Waals surface area (Å²) < 4.78 is 5.35. The molecule has 3 aromatic rings. The Kier molecular flexibility index (Phi) is 4.18. The minimum atomic E-state index is 0.852. The van der Waals surface area contributed by atoms with Crippen molar-refractivity contribution in [2.75, 3.05) is 43.1 Å². The van der Waals surface area contributed by atoms with Crippen molar-refractivity contribution in [3.8, 4) is 5.75 Å². The van der Waals surface area contributed by atoms with Gasteiger partial charge in [0.05, 0.1) is 12.6 Å². The van der Waals surface area contributed by atoms with Crippen LogP contribution in [0.1, 0.15) is 5.56 Å². The van der Waals surface area contributed by atoms with E-state index in [2.05, 4.69) is 59.2 Å². The van der Waals surface area contributed by atoms with E-state index in [0.29, 0.717) is 0 Å². The molecule has 2 heterocycles. The zero-order valence-corrected chi connectivity index (χ0v) is 14.8. The molecule has 0 radical (unpaired) electrons. The van der Waals surface area contributed by atoms with E-state index in [4.69, 9.17) is 9.72 Å². The first-order valence-corrected chi connectivity index (χ1v) is 8.75. The average molecular weight is 333 g/mol. The van der Waals surface area contributed by atoms with Crippen LogP contribution >= 0.6 is 0 Å². The van der Waals surface area contributed by atoms with Crippen molar-refractivity contribution in [3.63, 3.8) is 0 Å². The van der Waals surface area contributed by atoms with Crippen LogP contribution in [-0.4, -0.2) is 38.3 Å². The SMILES string of the molecule is COc1ccc2c(C)cc(N3CCN(c4ccccc4)CC3)nc2c1. The van der Waals surface area contributed by atoms with Crippen LogP contribution < -0.4 is 14.5 Å². The molecule has 4 rings (SSSR count). The highest BCUT2D eigenvalue weighted by Crippen LogP contribution is 2.27. The first kappa shape index (κ1) is 15.8. The topological polar surface area (TPSA) is 28.6 Å². The third-order valence-electron chi connectivity index (χ3n) is 4.94. The van der Waals surface area contributed by atoms with Gasteiger partial charge in [0.1, 0.15) is 11.6 Å². The Hall–Kier alpha value is -2.75. The van der Waals surface area contributed by atoms with E-state index in [1.165, 1.54) is 16.6 Å². The van der Waals surface area contributed by atoms with Crippen molar-refractivity contribution in [1.82, 2.24) is 4.98 Å². The normalized spacial score (nSPS) is 14.8. The molecular weight excluding hydrogens is 310 g/mol. The summed E-state index contributed by atoms with van der Waals surface area (Å²) in [6, 6.07) is 18.9. The molecule has 1 aromatic heterocycles. The molecule has 1 fully saturated rings. The summed E-state index contributed by atoms with van der Waals surface area (Å²) in [4.78, 5) is 9.71. The number of hydrogen-bond acceptors (Lipinski definition) is 4. The minimum absolute atomic E-state index is 0.852. The number of nitrogens with zero attached hydrogens (tertiary/aromatic N) is 3. The number of benzene rings is 2. The van der Waals surface area contributed by atoms with Crippen molar-refractivity contribution >= 4 is 22.4 Å². The number of piperazine rings is 1. The third kappa shape index (κ3) is 3.12. The molecule has 0 aliphatic carbocycles. The van der Waals surface area contributed by atoms with Crippen LogP contribution in [-0.2, 0) is 0 Å². The maximum Gasteiger partial charge on any atom is 0.129 e. The van der Waals surface area contributed by atoms with Gasteiger partial charge in [0.2, 0.25) is 0 Å². The molecule has 1 saturated heterocycles. The zero-order chi connectivity index (χ0) is 17.2. The highest BCUT2D eigenvalue weighted by atomic mass is 16.5. The number of pyridine rings is 1. The molecule has 0 unspecified atom stereocenters. The Morgan fingerprint density at radius 2 is 1.60 bits per heavy atom. The zero-order valence-electron chi connectivity index (χ0n) is 14.8. The number of fused-ring (bicyclic) bond motifs is 1. The van der Waals surface area contributed by atoms with Crippen molar-refractivity contribution in [3.05, 3.63) is 60.2 Å². The van der Waals surface area contributed by atoms with Crippen LogP contribution in [0.3, 0.4) is 0 Å². The highest BCUT2D eigenvalue weighted by molar-refractivity contribution is 5.85. The van der Waals surface area contributed by atoms with Crippen LogP contribution in [0.4, 0.5) is 11.5 Å². The van der Waals surface area contributed by atoms with Gasteiger partial charge >= 0.3 is 0 Å². The Labute approximate surface area is 148 Å². The number of rotatable bonds is 3. The Morgan fingerprint density at radius 3 is 2.32 bits per heavy atom. The standard InChI is InChI=1S/C21H23N3O/c1-16-14-21(22-20-15-18(25-2)8-9-19(16)20)24-12-10-23(11-13-24)17-6-4-3-5-7-17/h3-9,14-15H,10-13H2,1-2H3. The summed E-state index contributed by atoms with van der Waals surface area (Å²) in [5, 5.41) is 1.19. The summed E-state index contributed by atoms with van der Waals surface area (Å²) in [5.41, 5.74) is 3.56. The summed E-state index contributed by atoms with van der Waals surface area (Å²) in [6.07, 6.45) is 0. The molecule has 1 aliphatic rings. The summed E-state index contributed by atoms with van der Waals surface area (Å²) in [5.74, 6) is 1.91. The van der Waals surface area contributed by atoms with Gasteiger partial charge < -0.3 is 14.5 Å². The average Bonchev–Trinajstić information content (AvgIpc) is 2.68. The highest BCUT2D eigenvalue weighted by Gasteiger charge is 2.19. The molecule has 0 amide bonds. The van der Waals surface area contributed by atoms with Gasteiger partial charge in [0, 0.05) is 43.3 Å². The Bertz CT molecular complexity index is 871. The van der Waals surface area contributed by atoms with Gasteiger partial charge in [0.25, 0.3) is 0 Å². The Morgan fingerprint density at radius 1 is 0.880 bits per heavy atom. The molecule has 25 heavy (non-hydrogen) atoms. The van der Waals surface area contributed by atoms with Crippen LogP contribution in [0.5, 0.6) is 5.75 Å². The van der Waals surface area contributed by atoms with E-state index < -0.39 is 0 Å². The number of aromatic nitrogens is 1. The van der Waals surface area contributed by atoms with Crippen molar-refractivity contribution in [2.45, 2.75) is 6.92 Å². The molecule has 0 bridgehead atoms. The Balaban J connectivity index is 1.56. The van der Waals surface area contributed by atoms with Crippen LogP contribution in [0.25, 0.3) is 10.9 Å². The fraction of sp³-hybridized carbons (Fsp3) is 0.286. The minimum Gasteiger partial charge on any atom is -0.497 e. The van der Waals surface area contributed by atoms with Gasteiger partial charge in [-0.05, 0) is 42.8 Å². The fourth-order valence-electron chi connectivity index (χ4n) is 3.49. The van der Waals surface area contributed by atoms with Crippen LogP contribution in [0, 0.1) is 6.92 Å². The van der Waals surface area contributed by atoms with E-state index >= 15 is 0 Å². The smallest absolute Gasteiger partial charge is 0.129 e. The lowest BCUT2D eigenvalue weighted by Gasteiger charge is -2.37. The van der Waals surface area contributed by atoms with Crippen LogP contribution in [0.15, 0.2) is 54.6 Å². The lowest BCUT2D eigenvalue weighted by Crippen LogP contribution is -2.46. The molecule has 2 aromatic carbocycles. The molecular formula is C21H23N3O. The first-order valence-electron chi connectivity index (χ1n) is 8.75. The number of para-hydroxylation sites is 1. The fourth-order valence-corrected chi connectivity index (χ4v) is 3.49. The lowest BCUT2D eigenvalue weighted by atomic mass is 10.1. The van der Waals surface area contributed by atoms with Gasteiger partial charge in [0.15, 0.2) is 0 Å². The molecule has 0 spiro atoms. The third-order valence-corrected chi connectivity index (χ3v) is 4.94. The molecule has 4 nitrogen and oxygen atoms in total. The predicted octanol–water partition coefficient (Wildman–Crippen LogP) is 3.88. The van der Waals surface area contributed by atoms with Gasteiger partial charge in [-0.1, -0.05) is 18.2 Å². The van der Waals surface area contributed by atoms with Gasteiger partial charge in [-0.2, -0.15) is 0 Å². The predicted molar refractivity (Wildman–Crippen MR) is 104 cm³/mol. The maximum absolute atomic E-state index is 5.35. The summed E-state index contributed by atoms with van der Waals surface area (Å²) in [6.45, 7) is 6.15. The van der Waals surface area contributed by atoms with Crippen molar-refractivity contribution < 1.29 is 4.74 Å². The monoisotopic (exact) mass is 333 g/mol. The number of aryl methyl sites for hydroxylation is 1. The molecule has 0 atom stereocenters. The first-order chi connectivity index (χ1) is 12.2. The molecule has 4 heteroatoms. The number of anilines is 2. The van der Waals surface area contributed by atoms with Crippen molar-refractivity contribution in [1.29, 1.82) is 0 Å². The molecule has 1 aliphatic heterocycles. The van der Waals surface area contributed by atoms with Crippen molar-refractivity contribution in [2.24, 2.45) is 0 Å². The van der Waals surface area contributed by atoms with Gasteiger partial charge in [-0.15, -0.1) is 0 Å². The van der Waals surface area contributed by atoms with E-state index in [9.17, 15) is 0 Å². The molecule has 0 N–H and O–H groups in total. The number of ether oxygens (including phenoxy) is 1. The largest absolute Gasteiger partial charge is 0.497 e. The summed E-state index contributed by atoms with van der Waals surface area (Å²) >= 11 is 0. The lowest BCUT2D eigenvalue weighted by molar-refractivity contribution is 0.415. The summed E-state index contributed by atoms with van der Waals surface area (Å²) in [7, 11) is 1.70. The number of hydrogen-bond donors (Lipinski definition) is 0. The quantitative estimate of drug-likeness (QED) is 0.727. The van der Waals surface area contributed by atoms with Crippen LogP contribution in [0.2, 0.25) is 0 Å². The van der Waals surface area contributed by atoms with E-state index in [1.807, 2.05) is 12.1 Å². The molecule has 0 saturated carbocycles. The second-order valence-electron chi connectivity index (χ2n) is 6.49. The molecule has 128 valence electrons. The van der Waals surface area contributed by atoms with Gasteiger partial charge in [-0.3, -0.25) is 0 Å². The van der Waals surface area contributed by atoms with E-state index in [-0.39, 0.29) is 0 Å². The maximum atomic E-state index is 5.35. The van der Waals surface area contributed by atoms with E-state index in [1.54, 1.807) is 7.11 Å². The second kappa shape index (κ2) is 6.63.